The van der Waals surface area contributed by atoms with E-state index in [2.05, 4.69) is 22.4 Å². The molecule has 5 rings (SSSR count). The maximum atomic E-state index is 12.6. The minimum absolute atomic E-state index is 0.0643. The SMILES string of the molecule is COc1ccc([C@H]2CNC(=O)[C@@H](Cc3nc4ccccc4o3)C2)cc1OC1CCCC1. The maximum Gasteiger partial charge on any atom is 0.223 e. The molecule has 162 valence electrons. The van der Waals surface area contributed by atoms with E-state index in [0.717, 1.165) is 47.4 Å². The summed E-state index contributed by atoms with van der Waals surface area (Å²) in [6.07, 6.45) is 6.15. The van der Waals surface area contributed by atoms with Crippen LogP contribution in [0.15, 0.2) is 46.9 Å². The second kappa shape index (κ2) is 8.61. The van der Waals surface area contributed by atoms with Gasteiger partial charge in [-0.2, -0.15) is 0 Å². The van der Waals surface area contributed by atoms with Gasteiger partial charge in [0.05, 0.1) is 13.2 Å². The molecule has 1 amide bonds. The maximum absolute atomic E-state index is 12.6. The normalized spacial score (nSPS) is 21.9. The number of para-hydroxylation sites is 2. The van der Waals surface area contributed by atoms with Crippen molar-refractivity contribution in [2.45, 2.75) is 50.5 Å². The van der Waals surface area contributed by atoms with Crippen molar-refractivity contribution >= 4 is 17.0 Å². The van der Waals surface area contributed by atoms with Crippen molar-refractivity contribution in [1.82, 2.24) is 10.3 Å². The predicted octanol–water partition coefficient (Wildman–Crippen LogP) is 4.62. The summed E-state index contributed by atoms with van der Waals surface area (Å²) >= 11 is 0. The number of ether oxygens (including phenoxy) is 2. The second-order valence-corrected chi connectivity index (χ2v) is 8.59. The Hall–Kier alpha value is -3.02. The minimum atomic E-state index is -0.173. The monoisotopic (exact) mass is 420 g/mol. The molecule has 1 saturated carbocycles. The van der Waals surface area contributed by atoms with Crippen LogP contribution in [-0.4, -0.2) is 30.6 Å². The number of oxazole rings is 1. The van der Waals surface area contributed by atoms with Gasteiger partial charge in [-0.3, -0.25) is 4.79 Å². The van der Waals surface area contributed by atoms with Crippen LogP contribution in [0.1, 0.15) is 49.5 Å². The lowest BCUT2D eigenvalue weighted by Gasteiger charge is -2.29. The van der Waals surface area contributed by atoms with E-state index < -0.39 is 0 Å². The topological polar surface area (TPSA) is 73.6 Å². The average Bonchev–Trinajstić information content (AvgIpc) is 3.44. The van der Waals surface area contributed by atoms with Crippen molar-refractivity contribution in [2.75, 3.05) is 13.7 Å². The van der Waals surface area contributed by atoms with Crippen LogP contribution in [0.4, 0.5) is 0 Å². The highest BCUT2D eigenvalue weighted by Crippen LogP contribution is 2.37. The highest BCUT2D eigenvalue weighted by atomic mass is 16.5. The molecule has 2 atom stereocenters. The van der Waals surface area contributed by atoms with Gasteiger partial charge < -0.3 is 19.2 Å². The zero-order chi connectivity index (χ0) is 21.2. The summed E-state index contributed by atoms with van der Waals surface area (Å²) < 4.78 is 17.7. The molecule has 0 unspecified atom stereocenters. The van der Waals surface area contributed by atoms with Crippen LogP contribution < -0.4 is 14.8 Å². The number of aromatic nitrogens is 1. The van der Waals surface area contributed by atoms with E-state index in [9.17, 15) is 4.79 Å². The number of hydrogen-bond donors (Lipinski definition) is 1. The molecule has 3 aromatic rings. The fourth-order valence-electron chi connectivity index (χ4n) is 4.78. The molecule has 1 saturated heterocycles. The van der Waals surface area contributed by atoms with Gasteiger partial charge in [0.15, 0.2) is 23.0 Å². The number of fused-ring (bicyclic) bond motifs is 1. The molecule has 0 radical (unpaired) electrons. The van der Waals surface area contributed by atoms with Crippen LogP contribution in [0.25, 0.3) is 11.1 Å². The third-order valence-electron chi connectivity index (χ3n) is 6.48. The first-order valence-electron chi connectivity index (χ1n) is 11.2. The molecule has 2 heterocycles. The number of benzene rings is 2. The Labute approximate surface area is 181 Å². The highest BCUT2D eigenvalue weighted by Gasteiger charge is 2.31. The molecule has 31 heavy (non-hydrogen) atoms. The first-order valence-corrected chi connectivity index (χ1v) is 11.2. The van der Waals surface area contributed by atoms with Gasteiger partial charge in [-0.15, -0.1) is 0 Å². The van der Waals surface area contributed by atoms with Crippen LogP contribution in [0.2, 0.25) is 0 Å². The number of piperidine rings is 1. The quantitative estimate of drug-likeness (QED) is 0.630. The van der Waals surface area contributed by atoms with Crippen LogP contribution >= 0.6 is 0 Å². The molecule has 6 heteroatoms. The number of methoxy groups -OCH3 is 1. The zero-order valence-corrected chi connectivity index (χ0v) is 17.8. The molecule has 1 aliphatic heterocycles. The smallest absolute Gasteiger partial charge is 0.223 e. The number of carbonyl (C=O) groups is 1. The van der Waals surface area contributed by atoms with Gasteiger partial charge >= 0.3 is 0 Å². The zero-order valence-electron chi connectivity index (χ0n) is 17.8. The summed E-state index contributed by atoms with van der Waals surface area (Å²) in [7, 11) is 1.67. The molecular weight excluding hydrogens is 392 g/mol. The summed E-state index contributed by atoms with van der Waals surface area (Å²) in [5.74, 6) is 2.28. The lowest BCUT2D eigenvalue weighted by molar-refractivity contribution is -0.127. The van der Waals surface area contributed by atoms with E-state index in [-0.39, 0.29) is 23.8 Å². The number of hydrogen-bond acceptors (Lipinski definition) is 5. The molecule has 2 aliphatic rings. The van der Waals surface area contributed by atoms with Crippen molar-refractivity contribution in [3.05, 3.63) is 53.9 Å². The molecule has 2 fully saturated rings. The molecule has 1 aromatic heterocycles. The lowest BCUT2D eigenvalue weighted by atomic mass is 9.83. The third-order valence-corrected chi connectivity index (χ3v) is 6.48. The van der Waals surface area contributed by atoms with E-state index in [1.54, 1.807) is 7.11 Å². The molecule has 2 aromatic carbocycles. The summed E-state index contributed by atoms with van der Waals surface area (Å²) in [5, 5.41) is 3.08. The first-order chi connectivity index (χ1) is 15.2. The number of nitrogens with one attached hydrogen (secondary N) is 1. The Bertz CT molecular complexity index is 1040. The number of nitrogens with zero attached hydrogens (tertiary/aromatic N) is 1. The van der Waals surface area contributed by atoms with Crippen LogP contribution in [0, 0.1) is 5.92 Å². The van der Waals surface area contributed by atoms with E-state index in [1.165, 1.54) is 12.8 Å². The third kappa shape index (κ3) is 4.24. The van der Waals surface area contributed by atoms with E-state index in [1.807, 2.05) is 30.3 Å². The van der Waals surface area contributed by atoms with Crippen molar-refractivity contribution in [2.24, 2.45) is 5.92 Å². The molecule has 1 aliphatic carbocycles. The van der Waals surface area contributed by atoms with Gasteiger partial charge in [0.1, 0.15) is 5.52 Å². The fraction of sp³-hybridized carbons (Fsp3) is 0.440. The minimum Gasteiger partial charge on any atom is -0.493 e. The number of amides is 1. The van der Waals surface area contributed by atoms with E-state index in [4.69, 9.17) is 13.9 Å². The van der Waals surface area contributed by atoms with Gasteiger partial charge in [0, 0.05) is 24.8 Å². The largest absolute Gasteiger partial charge is 0.493 e. The van der Waals surface area contributed by atoms with Gasteiger partial charge in [-0.1, -0.05) is 18.2 Å². The average molecular weight is 421 g/mol. The standard InChI is InChI=1S/C25H28N2O4/c1-29-22-11-10-16(13-23(22)30-19-6-2-3-7-19)18-12-17(25(28)26-15-18)14-24-27-20-8-4-5-9-21(20)31-24/h4-5,8-11,13,17-19H,2-3,6-7,12,14-15H2,1H3,(H,26,28)/t17-,18-/m1/s1. The van der Waals surface area contributed by atoms with Crippen molar-refractivity contribution in [3.8, 4) is 11.5 Å². The Balaban J connectivity index is 1.33. The lowest BCUT2D eigenvalue weighted by Crippen LogP contribution is -2.41. The molecular formula is C25H28N2O4. The first kappa shape index (κ1) is 19.9. The van der Waals surface area contributed by atoms with Crippen LogP contribution in [-0.2, 0) is 11.2 Å². The summed E-state index contributed by atoms with van der Waals surface area (Å²) in [4.78, 5) is 17.1. The summed E-state index contributed by atoms with van der Waals surface area (Å²) in [6, 6.07) is 13.8. The molecule has 6 nitrogen and oxygen atoms in total. The Kier molecular flexibility index (Phi) is 5.53. The predicted molar refractivity (Wildman–Crippen MR) is 117 cm³/mol. The van der Waals surface area contributed by atoms with Crippen LogP contribution in [0.3, 0.4) is 0 Å². The van der Waals surface area contributed by atoms with Crippen LogP contribution in [0.5, 0.6) is 11.5 Å². The van der Waals surface area contributed by atoms with Gasteiger partial charge in [-0.05, 0) is 61.9 Å². The Morgan fingerprint density at radius 1 is 1.13 bits per heavy atom. The number of carbonyl (C=O) groups excluding carboxylic acids is 1. The molecule has 1 N–H and O–H groups in total. The molecule has 0 bridgehead atoms. The summed E-state index contributed by atoms with van der Waals surface area (Å²) in [6.45, 7) is 0.623. The van der Waals surface area contributed by atoms with E-state index >= 15 is 0 Å². The number of rotatable bonds is 6. The summed E-state index contributed by atoms with van der Waals surface area (Å²) in [5.41, 5.74) is 2.75. The van der Waals surface area contributed by atoms with Crippen molar-refractivity contribution < 1.29 is 18.7 Å². The van der Waals surface area contributed by atoms with Gasteiger partial charge in [0.2, 0.25) is 5.91 Å². The van der Waals surface area contributed by atoms with Gasteiger partial charge in [-0.25, -0.2) is 4.98 Å². The van der Waals surface area contributed by atoms with E-state index in [0.29, 0.717) is 18.9 Å². The van der Waals surface area contributed by atoms with Crippen molar-refractivity contribution in [3.63, 3.8) is 0 Å². The Morgan fingerprint density at radius 2 is 1.97 bits per heavy atom. The van der Waals surface area contributed by atoms with Crippen molar-refractivity contribution in [1.29, 1.82) is 0 Å². The van der Waals surface area contributed by atoms with Gasteiger partial charge in [0.25, 0.3) is 0 Å². The fourth-order valence-corrected chi connectivity index (χ4v) is 4.78. The Morgan fingerprint density at radius 3 is 2.77 bits per heavy atom. The second-order valence-electron chi connectivity index (χ2n) is 8.59. The highest BCUT2D eigenvalue weighted by molar-refractivity contribution is 5.80. The molecule has 0 spiro atoms.